The maximum absolute atomic E-state index is 12.3. The summed E-state index contributed by atoms with van der Waals surface area (Å²) < 4.78 is 0. The lowest BCUT2D eigenvalue weighted by Gasteiger charge is -2.28. The molecule has 21 heavy (non-hydrogen) atoms. The number of carbonyl (C=O) groups excluding carboxylic acids is 1. The molecular formula is C17H27ClN2O. The molecule has 2 unspecified atom stereocenters. The number of amides is 1. The van der Waals surface area contributed by atoms with Gasteiger partial charge in [0.2, 0.25) is 5.91 Å². The lowest BCUT2D eigenvalue weighted by molar-refractivity contribution is -0.132. The summed E-state index contributed by atoms with van der Waals surface area (Å²) in [6.07, 6.45) is 1.22. The Hall–Kier alpha value is -1.06. The van der Waals surface area contributed by atoms with Crippen LogP contribution in [0.4, 0.5) is 0 Å². The smallest absolute Gasteiger partial charge is 0.224 e. The minimum Gasteiger partial charge on any atom is -0.339 e. The second kappa shape index (κ2) is 7.28. The number of hydrogen-bond donors (Lipinski definition) is 1. The van der Waals surface area contributed by atoms with Crippen molar-refractivity contribution in [1.29, 1.82) is 0 Å². The van der Waals surface area contributed by atoms with Crippen LogP contribution < -0.4 is 5.73 Å². The molecule has 1 aromatic carbocycles. The van der Waals surface area contributed by atoms with E-state index in [0.717, 1.165) is 12.0 Å². The number of benzene rings is 1. The molecule has 0 aliphatic rings. The molecule has 0 saturated heterocycles. The van der Waals surface area contributed by atoms with E-state index in [4.69, 9.17) is 17.3 Å². The highest BCUT2D eigenvalue weighted by Gasteiger charge is 2.22. The van der Waals surface area contributed by atoms with Gasteiger partial charge in [0.1, 0.15) is 0 Å². The van der Waals surface area contributed by atoms with Gasteiger partial charge in [-0.05, 0) is 36.5 Å². The SMILES string of the molecule is CC(c1ccc(Cl)cc1)N(C)C(=O)CC(N)CC(C)(C)C. The number of nitrogens with two attached hydrogens (primary N) is 1. The summed E-state index contributed by atoms with van der Waals surface area (Å²) in [4.78, 5) is 14.1. The molecule has 0 saturated carbocycles. The Balaban J connectivity index is 2.63. The van der Waals surface area contributed by atoms with Gasteiger partial charge in [0.25, 0.3) is 0 Å². The van der Waals surface area contributed by atoms with Gasteiger partial charge in [-0.1, -0.05) is 44.5 Å². The first-order valence-corrected chi connectivity index (χ1v) is 7.74. The zero-order valence-electron chi connectivity index (χ0n) is 13.7. The van der Waals surface area contributed by atoms with Crippen LogP contribution in [0.3, 0.4) is 0 Å². The molecule has 0 fully saturated rings. The predicted octanol–water partition coefficient (Wildman–Crippen LogP) is 4.01. The first-order valence-electron chi connectivity index (χ1n) is 7.37. The van der Waals surface area contributed by atoms with E-state index < -0.39 is 0 Å². The molecule has 2 atom stereocenters. The molecule has 0 spiro atoms. The Morgan fingerprint density at radius 1 is 1.29 bits per heavy atom. The molecule has 0 aliphatic carbocycles. The molecule has 1 aromatic rings. The maximum Gasteiger partial charge on any atom is 0.224 e. The van der Waals surface area contributed by atoms with Crippen LogP contribution in [0.1, 0.15) is 52.1 Å². The predicted molar refractivity (Wildman–Crippen MR) is 89.3 cm³/mol. The molecule has 0 aromatic heterocycles. The monoisotopic (exact) mass is 310 g/mol. The summed E-state index contributed by atoms with van der Waals surface area (Å²) in [6.45, 7) is 8.42. The molecule has 3 nitrogen and oxygen atoms in total. The van der Waals surface area contributed by atoms with Crippen molar-refractivity contribution in [3.05, 3.63) is 34.9 Å². The number of rotatable bonds is 5. The van der Waals surface area contributed by atoms with Gasteiger partial charge in [0.05, 0.1) is 6.04 Å². The Morgan fingerprint density at radius 2 is 1.81 bits per heavy atom. The van der Waals surface area contributed by atoms with Crippen molar-refractivity contribution in [3.63, 3.8) is 0 Å². The molecule has 118 valence electrons. The normalized spacial score (nSPS) is 14.6. The van der Waals surface area contributed by atoms with Crippen LogP contribution >= 0.6 is 11.6 Å². The minimum absolute atomic E-state index is 0.0107. The largest absolute Gasteiger partial charge is 0.339 e. The lowest BCUT2D eigenvalue weighted by Crippen LogP contribution is -2.36. The summed E-state index contributed by atoms with van der Waals surface area (Å²) in [6, 6.07) is 7.50. The van der Waals surface area contributed by atoms with Crippen molar-refractivity contribution < 1.29 is 4.79 Å². The van der Waals surface area contributed by atoms with Gasteiger partial charge in [-0.15, -0.1) is 0 Å². The van der Waals surface area contributed by atoms with E-state index in [1.165, 1.54) is 0 Å². The summed E-state index contributed by atoms with van der Waals surface area (Å²) in [5.74, 6) is 0.0780. The van der Waals surface area contributed by atoms with Crippen molar-refractivity contribution in [2.24, 2.45) is 11.1 Å². The van der Waals surface area contributed by atoms with Crippen LogP contribution in [0.15, 0.2) is 24.3 Å². The average molecular weight is 311 g/mol. The molecule has 2 N–H and O–H groups in total. The first-order chi connectivity index (χ1) is 9.60. The molecular weight excluding hydrogens is 284 g/mol. The van der Waals surface area contributed by atoms with Crippen LogP contribution in [-0.2, 0) is 4.79 Å². The van der Waals surface area contributed by atoms with Gasteiger partial charge in [-0.3, -0.25) is 4.79 Å². The fraction of sp³-hybridized carbons (Fsp3) is 0.588. The number of hydrogen-bond acceptors (Lipinski definition) is 2. The lowest BCUT2D eigenvalue weighted by atomic mass is 9.87. The maximum atomic E-state index is 12.3. The van der Waals surface area contributed by atoms with E-state index in [2.05, 4.69) is 20.8 Å². The van der Waals surface area contributed by atoms with Crippen molar-refractivity contribution in [3.8, 4) is 0 Å². The Morgan fingerprint density at radius 3 is 2.29 bits per heavy atom. The Labute approximate surface area is 133 Å². The van der Waals surface area contributed by atoms with Crippen LogP contribution in [0.2, 0.25) is 5.02 Å². The number of halogens is 1. The molecule has 0 radical (unpaired) electrons. The van der Waals surface area contributed by atoms with Crippen LogP contribution in [-0.4, -0.2) is 23.9 Å². The van der Waals surface area contributed by atoms with Gasteiger partial charge in [-0.25, -0.2) is 0 Å². The van der Waals surface area contributed by atoms with Crippen LogP contribution in [0, 0.1) is 5.41 Å². The first kappa shape index (κ1) is 18.0. The zero-order chi connectivity index (χ0) is 16.2. The van der Waals surface area contributed by atoms with Crippen molar-refractivity contribution in [1.82, 2.24) is 4.90 Å². The summed E-state index contributed by atoms with van der Waals surface area (Å²) >= 11 is 5.89. The topological polar surface area (TPSA) is 46.3 Å². The molecule has 0 bridgehead atoms. The molecule has 1 amide bonds. The number of nitrogens with zero attached hydrogens (tertiary/aromatic N) is 1. The third-order valence-corrected chi connectivity index (χ3v) is 3.89. The summed E-state index contributed by atoms with van der Waals surface area (Å²) in [5.41, 5.74) is 7.30. The summed E-state index contributed by atoms with van der Waals surface area (Å²) in [5, 5.41) is 0.701. The van der Waals surface area contributed by atoms with E-state index >= 15 is 0 Å². The van der Waals surface area contributed by atoms with Crippen LogP contribution in [0.25, 0.3) is 0 Å². The van der Waals surface area contributed by atoms with E-state index in [-0.39, 0.29) is 23.4 Å². The molecule has 0 aliphatic heterocycles. The highest BCUT2D eigenvalue weighted by Crippen LogP contribution is 2.24. The van der Waals surface area contributed by atoms with E-state index in [1.54, 1.807) is 4.90 Å². The van der Waals surface area contributed by atoms with Crippen LogP contribution in [0.5, 0.6) is 0 Å². The number of carbonyl (C=O) groups is 1. The second-order valence-electron chi connectivity index (χ2n) is 6.96. The van der Waals surface area contributed by atoms with E-state index in [1.807, 2.05) is 38.2 Å². The van der Waals surface area contributed by atoms with E-state index in [0.29, 0.717) is 11.4 Å². The Bertz CT molecular complexity index is 465. The fourth-order valence-electron chi connectivity index (χ4n) is 2.41. The highest BCUT2D eigenvalue weighted by molar-refractivity contribution is 6.30. The van der Waals surface area contributed by atoms with Crippen molar-refractivity contribution >= 4 is 17.5 Å². The van der Waals surface area contributed by atoms with Crippen molar-refractivity contribution in [2.75, 3.05) is 7.05 Å². The zero-order valence-corrected chi connectivity index (χ0v) is 14.4. The van der Waals surface area contributed by atoms with Gasteiger partial charge in [-0.2, -0.15) is 0 Å². The van der Waals surface area contributed by atoms with Crippen molar-refractivity contribution in [2.45, 2.75) is 52.6 Å². The van der Waals surface area contributed by atoms with E-state index in [9.17, 15) is 4.79 Å². The average Bonchev–Trinajstić information content (AvgIpc) is 2.35. The molecule has 4 heteroatoms. The standard InChI is InChI=1S/C17H27ClN2O/c1-12(13-6-8-14(18)9-7-13)20(5)16(21)10-15(19)11-17(2,3)4/h6-9,12,15H,10-11,19H2,1-5H3. The second-order valence-corrected chi connectivity index (χ2v) is 7.40. The molecule has 1 rings (SSSR count). The fourth-order valence-corrected chi connectivity index (χ4v) is 2.53. The third-order valence-electron chi connectivity index (χ3n) is 3.64. The Kier molecular flexibility index (Phi) is 6.24. The van der Waals surface area contributed by atoms with Gasteiger partial charge < -0.3 is 10.6 Å². The minimum atomic E-state index is -0.0997. The third kappa shape index (κ3) is 6.06. The van der Waals surface area contributed by atoms with Gasteiger partial charge >= 0.3 is 0 Å². The van der Waals surface area contributed by atoms with Gasteiger partial charge in [0.15, 0.2) is 0 Å². The van der Waals surface area contributed by atoms with Gasteiger partial charge in [0, 0.05) is 24.5 Å². The quantitative estimate of drug-likeness (QED) is 0.893. The summed E-state index contributed by atoms with van der Waals surface area (Å²) in [7, 11) is 1.82. The molecule has 0 heterocycles. The highest BCUT2D eigenvalue weighted by atomic mass is 35.5.